The van der Waals surface area contributed by atoms with Crippen molar-refractivity contribution in [1.82, 2.24) is 20.9 Å². The highest BCUT2D eigenvalue weighted by atomic mass is 35.5. The molecule has 3 N–H and O–H groups in total. The molecule has 2 aromatic carbocycles. The molecule has 2 unspecified atom stereocenters. The maximum Gasteiger partial charge on any atom is 0.337 e. The molecule has 0 bridgehead atoms. The number of hydrogen-bond donors (Lipinski definition) is 3. The number of rotatable bonds is 7. The molecule has 0 fully saturated rings. The lowest BCUT2D eigenvalue weighted by atomic mass is 9.93. The van der Waals surface area contributed by atoms with E-state index >= 15 is 0 Å². The molecule has 3 atom stereocenters. The molecule has 0 spiro atoms. The molecule has 2 heterocycles. The highest BCUT2D eigenvalue weighted by Crippen LogP contribution is 2.35. The summed E-state index contributed by atoms with van der Waals surface area (Å²) in [5, 5.41) is 10.5. The molecule has 176 valence electrons. The Balaban J connectivity index is 1.74. The second-order valence-corrected chi connectivity index (χ2v) is 8.40. The lowest BCUT2D eigenvalue weighted by Crippen LogP contribution is -2.47. The summed E-state index contributed by atoms with van der Waals surface area (Å²) in [5.41, 5.74) is 3.45. The Bertz CT molecular complexity index is 1170. The minimum absolute atomic E-state index is 0.0328. The van der Waals surface area contributed by atoms with Crippen LogP contribution in [-0.2, 0) is 9.53 Å². The Morgan fingerprint density at radius 2 is 1.94 bits per heavy atom. The average molecular weight is 481 g/mol. The number of halogens is 2. The van der Waals surface area contributed by atoms with E-state index in [1.54, 1.807) is 12.3 Å². The van der Waals surface area contributed by atoms with Crippen molar-refractivity contribution in [3.63, 3.8) is 0 Å². The molecule has 6 nitrogen and oxygen atoms in total. The summed E-state index contributed by atoms with van der Waals surface area (Å²) in [6.45, 7) is 2.42. The number of carbonyl (C=O) groups is 1. The number of pyridine rings is 1. The molecular formula is C26H26ClFN4O2. The van der Waals surface area contributed by atoms with Crippen LogP contribution >= 0.6 is 11.6 Å². The molecule has 0 aliphatic carbocycles. The monoisotopic (exact) mass is 480 g/mol. The summed E-state index contributed by atoms with van der Waals surface area (Å²) in [4.78, 5) is 17.4. The molecule has 0 saturated carbocycles. The van der Waals surface area contributed by atoms with Gasteiger partial charge in [0.2, 0.25) is 0 Å². The van der Waals surface area contributed by atoms with Gasteiger partial charge in [0, 0.05) is 29.5 Å². The van der Waals surface area contributed by atoms with Crippen LogP contribution in [-0.4, -0.2) is 24.6 Å². The number of esters is 1. The van der Waals surface area contributed by atoms with Gasteiger partial charge < -0.3 is 15.4 Å². The van der Waals surface area contributed by atoms with Gasteiger partial charge in [-0.25, -0.2) is 9.18 Å². The molecule has 0 radical (unpaired) electrons. The average Bonchev–Trinajstić information content (AvgIpc) is 2.87. The molecule has 1 aliphatic heterocycles. The van der Waals surface area contributed by atoms with Crippen LogP contribution in [0.3, 0.4) is 0 Å². The van der Waals surface area contributed by atoms with E-state index in [1.165, 1.54) is 19.2 Å². The van der Waals surface area contributed by atoms with E-state index in [2.05, 4.69) is 27.9 Å². The lowest BCUT2D eigenvalue weighted by molar-refractivity contribution is -0.136. The zero-order valence-corrected chi connectivity index (χ0v) is 19.6. The summed E-state index contributed by atoms with van der Waals surface area (Å²) in [7, 11) is 1.33. The zero-order valence-electron chi connectivity index (χ0n) is 18.9. The van der Waals surface area contributed by atoms with Crippen LogP contribution in [0.4, 0.5) is 4.39 Å². The minimum Gasteiger partial charge on any atom is -0.466 e. The Morgan fingerprint density at radius 1 is 1.18 bits per heavy atom. The lowest BCUT2D eigenvalue weighted by Gasteiger charge is -2.36. The highest BCUT2D eigenvalue weighted by Gasteiger charge is 2.36. The first-order chi connectivity index (χ1) is 16.5. The quantitative estimate of drug-likeness (QED) is 0.430. The molecule has 1 aliphatic rings. The molecule has 4 rings (SSSR count). The number of aromatic nitrogens is 1. The van der Waals surface area contributed by atoms with Crippen molar-refractivity contribution in [2.45, 2.75) is 25.2 Å². The van der Waals surface area contributed by atoms with Crippen LogP contribution in [0.15, 0.2) is 84.2 Å². The summed E-state index contributed by atoms with van der Waals surface area (Å²) in [6, 6.07) is 19.2. The number of nitrogens with zero attached hydrogens (tertiary/aromatic N) is 1. The standard InChI is InChI=1S/C26H26ClFN4O2/c1-16(17-8-4-3-5-9-17)30-15-22-23(26(33)34-2)24(19-12-11-18(28)14-20(19)27)32-25(31-22)21-10-6-7-13-29-21/h3-14,16,24-25,30-32H,15H2,1-2H3/t16-,24?,25?/m0/s1. The fraction of sp³-hybridized carbons (Fsp3) is 0.231. The first kappa shape index (κ1) is 23.9. The third kappa shape index (κ3) is 5.28. The number of carbonyl (C=O) groups excluding carboxylic acids is 1. The predicted octanol–water partition coefficient (Wildman–Crippen LogP) is 4.58. The van der Waals surface area contributed by atoms with Gasteiger partial charge in [0.05, 0.1) is 24.4 Å². The molecular weight excluding hydrogens is 455 g/mol. The Kier molecular flexibility index (Phi) is 7.57. The van der Waals surface area contributed by atoms with Crippen molar-refractivity contribution in [3.05, 3.63) is 112 Å². The maximum absolute atomic E-state index is 13.8. The van der Waals surface area contributed by atoms with Crippen LogP contribution in [0, 0.1) is 5.82 Å². The van der Waals surface area contributed by atoms with Gasteiger partial charge in [-0.15, -0.1) is 0 Å². The summed E-state index contributed by atoms with van der Waals surface area (Å²) < 4.78 is 18.9. The Labute approximate surface area is 203 Å². The van der Waals surface area contributed by atoms with E-state index in [9.17, 15) is 9.18 Å². The third-order valence-corrected chi connectivity index (χ3v) is 6.14. The van der Waals surface area contributed by atoms with E-state index in [1.807, 2.05) is 48.5 Å². The van der Waals surface area contributed by atoms with E-state index < -0.39 is 24.0 Å². The maximum atomic E-state index is 13.8. The topological polar surface area (TPSA) is 75.3 Å². The molecule has 3 aromatic rings. The van der Waals surface area contributed by atoms with Crippen molar-refractivity contribution in [1.29, 1.82) is 0 Å². The molecule has 0 saturated heterocycles. The molecule has 1 aromatic heterocycles. The predicted molar refractivity (Wildman–Crippen MR) is 129 cm³/mol. The molecule has 0 amide bonds. The number of nitrogens with one attached hydrogen (secondary N) is 3. The minimum atomic E-state index is -0.641. The second kappa shape index (κ2) is 10.8. The number of ether oxygens (including phenoxy) is 1. The van der Waals surface area contributed by atoms with Crippen molar-refractivity contribution < 1.29 is 13.9 Å². The van der Waals surface area contributed by atoms with Crippen LogP contribution in [0.2, 0.25) is 5.02 Å². The smallest absolute Gasteiger partial charge is 0.337 e. The Hall–Kier alpha value is -3.26. The van der Waals surface area contributed by atoms with Gasteiger partial charge in [-0.05, 0) is 42.3 Å². The normalized spacial score (nSPS) is 18.8. The van der Waals surface area contributed by atoms with E-state index in [-0.39, 0.29) is 11.1 Å². The van der Waals surface area contributed by atoms with Gasteiger partial charge in [0.25, 0.3) is 0 Å². The number of benzene rings is 2. The van der Waals surface area contributed by atoms with Gasteiger partial charge in [-0.1, -0.05) is 54.1 Å². The fourth-order valence-electron chi connectivity index (χ4n) is 4.02. The first-order valence-corrected chi connectivity index (χ1v) is 11.3. The van der Waals surface area contributed by atoms with Gasteiger partial charge in [-0.2, -0.15) is 0 Å². The zero-order chi connectivity index (χ0) is 24.1. The van der Waals surface area contributed by atoms with Crippen molar-refractivity contribution in [2.75, 3.05) is 13.7 Å². The van der Waals surface area contributed by atoms with Gasteiger partial charge in [-0.3, -0.25) is 10.3 Å². The Morgan fingerprint density at radius 3 is 2.62 bits per heavy atom. The second-order valence-electron chi connectivity index (χ2n) is 7.99. The largest absolute Gasteiger partial charge is 0.466 e. The first-order valence-electron chi connectivity index (χ1n) is 11.0. The van der Waals surface area contributed by atoms with Crippen molar-refractivity contribution in [2.24, 2.45) is 0 Å². The van der Waals surface area contributed by atoms with E-state index in [4.69, 9.17) is 16.3 Å². The van der Waals surface area contributed by atoms with Crippen molar-refractivity contribution in [3.8, 4) is 0 Å². The SMILES string of the molecule is COC(=O)C1=C(CN[C@@H](C)c2ccccc2)NC(c2ccccn2)NC1c1ccc(F)cc1Cl. The van der Waals surface area contributed by atoms with E-state index in [0.29, 0.717) is 23.4 Å². The molecule has 8 heteroatoms. The number of hydrogen-bond acceptors (Lipinski definition) is 6. The summed E-state index contributed by atoms with van der Waals surface area (Å²) in [6.07, 6.45) is 1.29. The van der Waals surface area contributed by atoms with Crippen molar-refractivity contribution >= 4 is 17.6 Å². The molecule has 34 heavy (non-hydrogen) atoms. The summed E-state index contributed by atoms with van der Waals surface area (Å²) >= 11 is 6.42. The fourth-order valence-corrected chi connectivity index (χ4v) is 4.29. The van der Waals surface area contributed by atoms with Crippen LogP contribution in [0.25, 0.3) is 0 Å². The van der Waals surface area contributed by atoms with E-state index in [0.717, 1.165) is 11.3 Å². The van der Waals surface area contributed by atoms with Gasteiger partial charge >= 0.3 is 5.97 Å². The number of methoxy groups -OCH3 is 1. The van der Waals surface area contributed by atoms with Crippen LogP contribution in [0.1, 0.15) is 42.0 Å². The van der Waals surface area contributed by atoms with Gasteiger partial charge in [0.15, 0.2) is 0 Å². The summed E-state index contributed by atoms with van der Waals surface area (Å²) in [5.74, 6) is -0.958. The third-order valence-electron chi connectivity index (χ3n) is 5.81. The van der Waals surface area contributed by atoms with Crippen LogP contribution < -0.4 is 16.0 Å². The van der Waals surface area contributed by atoms with Crippen LogP contribution in [0.5, 0.6) is 0 Å². The highest BCUT2D eigenvalue weighted by molar-refractivity contribution is 6.31. The van der Waals surface area contributed by atoms with Gasteiger partial charge in [0.1, 0.15) is 12.0 Å².